The number of rotatable bonds is 6. The maximum Gasteiger partial charge on any atom is 0.151 e. The minimum absolute atomic E-state index is 0.201. The number of aliphatic hydroxyl groups is 1. The van der Waals surface area contributed by atoms with Gasteiger partial charge >= 0.3 is 0 Å². The van der Waals surface area contributed by atoms with Crippen LogP contribution in [0.3, 0.4) is 0 Å². The number of aromatic nitrogens is 2. The molecule has 1 atom stereocenters. The van der Waals surface area contributed by atoms with Crippen LogP contribution in [0.2, 0.25) is 5.02 Å². The lowest BCUT2D eigenvalue weighted by molar-refractivity contribution is 0.287. The first kappa shape index (κ1) is 22.0. The van der Waals surface area contributed by atoms with Crippen LogP contribution in [0, 0.1) is 17.7 Å². The van der Waals surface area contributed by atoms with Gasteiger partial charge in [0.05, 0.1) is 32.8 Å². The molecule has 6 nitrogen and oxygen atoms in total. The summed E-state index contributed by atoms with van der Waals surface area (Å²) >= 11 is 7.80. The number of benzene rings is 2. The smallest absolute Gasteiger partial charge is 0.151 e. The zero-order valence-corrected chi connectivity index (χ0v) is 18.3. The molecular formula is C23H18ClFN4O2S. The second-order valence-corrected chi connectivity index (χ2v) is 8.25. The Morgan fingerprint density at radius 2 is 2.09 bits per heavy atom. The van der Waals surface area contributed by atoms with Gasteiger partial charge in [0.15, 0.2) is 5.82 Å². The van der Waals surface area contributed by atoms with Crippen LogP contribution in [-0.4, -0.2) is 27.7 Å². The zero-order valence-electron chi connectivity index (χ0n) is 16.7. The van der Waals surface area contributed by atoms with E-state index in [1.165, 1.54) is 29.8 Å². The van der Waals surface area contributed by atoms with Crippen LogP contribution in [0.5, 0.6) is 5.75 Å². The Kier molecular flexibility index (Phi) is 6.83. The number of aliphatic hydroxyl groups excluding tert-OH is 1. The third-order valence-electron chi connectivity index (χ3n) is 4.37. The molecular weight excluding hydrogens is 451 g/mol. The van der Waals surface area contributed by atoms with E-state index in [1.807, 2.05) is 12.1 Å². The van der Waals surface area contributed by atoms with Crippen LogP contribution in [0.1, 0.15) is 10.4 Å². The number of fused-ring (bicyclic) bond motifs is 1. The molecule has 0 aliphatic carbocycles. The Morgan fingerprint density at radius 1 is 1.22 bits per heavy atom. The molecule has 0 unspecified atom stereocenters. The van der Waals surface area contributed by atoms with Crippen molar-refractivity contribution in [3.63, 3.8) is 0 Å². The van der Waals surface area contributed by atoms with E-state index in [2.05, 4.69) is 27.1 Å². The summed E-state index contributed by atoms with van der Waals surface area (Å²) in [6.07, 6.45) is 1.46. The van der Waals surface area contributed by atoms with E-state index in [1.54, 1.807) is 24.3 Å². The summed E-state index contributed by atoms with van der Waals surface area (Å²) in [6.45, 7) is 0.00292. The Bertz CT molecular complexity index is 1320. The molecule has 2 aromatic heterocycles. The van der Waals surface area contributed by atoms with E-state index in [0.717, 1.165) is 20.8 Å². The van der Waals surface area contributed by atoms with Crippen LogP contribution < -0.4 is 15.8 Å². The highest BCUT2D eigenvalue weighted by Crippen LogP contribution is 2.33. The largest absolute Gasteiger partial charge is 0.487 e. The minimum atomic E-state index is -0.590. The third kappa shape index (κ3) is 5.33. The predicted molar refractivity (Wildman–Crippen MR) is 125 cm³/mol. The Hall–Kier alpha value is -3.22. The first-order chi connectivity index (χ1) is 15.5. The number of ether oxygens (including phenoxy) is 1. The molecule has 162 valence electrons. The molecule has 0 amide bonds. The minimum Gasteiger partial charge on any atom is -0.487 e. The van der Waals surface area contributed by atoms with Crippen LogP contribution >= 0.6 is 22.9 Å². The number of halogens is 2. The average molecular weight is 469 g/mol. The van der Waals surface area contributed by atoms with Crippen LogP contribution in [0.15, 0.2) is 54.9 Å². The molecule has 0 aliphatic rings. The Labute approximate surface area is 192 Å². The van der Waals surface area contributed by atoms with Gasteiger partial charge in [0.25, 0.3) is 0 Å². The molecule has 32 heavy (non-hydrogen) atoms. The van der Waals surface area contributed by atoms with Gasteiger partial charge in [-0.15, -0.1) is 11.3 Å². The lowest BCUT2D eigenvalue weighted by Crippen LogP contribution is -2.21. The van der Waals surface area contributed by atoms with Gasteiger partial charge < -0.3 is 20.9 Å². The topological polar surface area (TPSA) is 93.3 Å². The van der Waals surface area contributed by atoms with E-state index in [-0.39, 0.29) is 19.0 Å². The number of nitrogens with one attached hydrogen (secondary N) is 1. The van der Waals surface area contributed by atoms with Crippen molar-refractivity contribution in [2.24, 2.45) is 5.73 Å². The van der Waals surface area contributed by atoms with Crippen molar-refractivity contribution in [1.82, 2.24) is 9.97 Å². The van der Waals surface area contributed by atoms with Crippen molar-refractivity contribution in [1.29, 1.82) is 0 Å². The maximum atomic E-state index is 13.3. The molecule has 4 rings (SSSR count). The summed E-state index contributed by atoms with van der Waals surface area (Å²) in [5, 5.41) is 12.7. The van der Waals surface area contributed by atoms with E-state index < -0.39 is 6.04 Å². The summed E-state index contributed by atoms with van der Waals surface area (Å²) in [4.78, 5) is 9.38. The van der Waals surface area contributed by atoms with Gasteiger partial charge in [-0.3, -0.25) is 0 Å². The van der Waals surface area contributed by atoms with Crippen LogP contribution in [0.4, 0.5) is 15.9 Å². The van der Waals surface area contributed by atoms with E-state index in [0.29, 0.717) is 22.2 Å². The van der Waals surface area contributed by atoms with Crippen LogP contribution in [0.25, 0.3) is 10.2 Å². The second kappa shape index (κ2) is 9.94. The number of hydrogen-bond acceptors (Lipinski definition) is 7. The number of thiophene rings is 1. The monoisotopic (exact) mass is 468 g/mol. The fourth-order valence-corrected chi connectivity index (χ4v) is 3.99. The quantitative estimate of drug-likeness (QED) is 0.361. The highest BCUT2D eigenvalue weighted by molar-refractivity contribution is 7.20. The van der Waals surface area contributed by atoms with Crippen molar-refractivity contribution < 1.29 is 14.2 Å². The van der Waals surface area contributed by atoms with Gasteiger partial charge in [0, 0.05) is 5.69 Å². The summed E-state index contributed by atoms with van der Waals surface area (Å²) in [5.41, 5.74) is 7.81. The van der Waals surface area contributed by atoms with Gasteiger partial charge in [-0.25, -0.2) is 14.4 Å². The van der Waals surface area contributed by atoms with E-state index >= 15 is 0 Å². The summed E-state index contributed by atoms with van der Waals surface area (Å²) in [6, 6.07) is 12.8. The molecule has 2 heterocycles. The van der Waals surface area contributed by atoms with Crippen molar-refractivity contribution >= 4 is 44.7 Å². The molecule has 4 N–H and O–H groups in total. The molecule has 0 saturated carbocycles. The standard InChI is InChI=1S/C23H18ClFN4O2S/c24-19-9-17(5-7-21(19)31-12-14-2-1-3-15(25)8-14)29-23-22-20(27-13-28-23)10-18(32-22)6-4-16(26)11-30/h1-3,5,7-10,13,16,30H,11-12,26H2,(H,27,28,29)/t16-/m0/s1. The molecule has 0 bridgehead atoms. The van der Waals surface area contributed by atoms with Crippen molar-refractivity contribution in [3.8, 4) is 17.6 Å². The predicted octanol–water partition coefficient (Wildman–Crippen LogP) is 4.48. The normalized spacial score (nSPS) is 11.6. The fraction of sp³-hybridized carbons (Fsp3) is 0.130. The van der Waals surface area contributed by atoms with E-state index in [9.17, 15) is 4.39 Å². The third-order valence-corrected chi connectivity index (χ3v) is 5.71. The van der Waals surface area contributed by atoms with Crippen molar-refractivity contribution in [3.05, 3.63) is 76.1 Å². The zero-order chi connectivity index (χ0) is 22.5. The Morgan fingerprint density at radius 3 is 2.88 bits per heavy atom. The number of hydrogen-bond donors (Lipinski definition) is 3. The summed E-state index contributed by atoms with van der Waals surface area (Å²) in [7, 11) is 0. The fourth-order valence-electron chi connectivity index (χ4n) is 2.83. The molecule has 9 heteroatoms. The van der Waals surface area contributed by atoms with Gasteiger partial charge in [-0.2, -0.15) is 0 Å². The molecule has 0 radical (unpaired) electrons. The summed E-state index contributed by atoms with van der Waals surface area (Å²) in [5.74, 6) is 6.53. The van der Waals surface area contributed by atoms with Crippen LogP contribution in [-0.2, 0) is 6.61 Å². The van der Waals surface area contributed by atoms with Gasteiger partial charge in [0.2, 0.25) is 0 Å². The SMILES string of the molecule is N[C@@H](C#Cc1cc2ncnc(Nc3ccc(OCc4cccc(F)c4)c(Cl)c3)c2s1)CO. The lowest BCUT2D eigenvalue weighted by Gasteiger charge is -2.11. The first-order valence-corrected chi connectivity index (χ1v) is 10.8. The lowest BCUT2D eigenvalue weighted by atomic mass is 10.2. The molecule has 2 aromatic carbocycles. The average Bonchev–Trinajstić information content (AvgIpc) is 3.21. The summed E-state index contributed by atoms with van der Waals surface area (Å²) < 4.78 is 19.9. The first-order valence-electron chi connectivity index (χ1n) is 9.58. The second-order valence-electron chi connectivity index (χ2n) is 6.79. The highest BCUT2D eigenvalue weighted by atomic mass is 35.5. The number of nitrogens with two attached hydrogens (primary N) is 1. The number of anilines is 2. The maximum absolute atomic E-state index is 13.3. The van der Waals surface area contributed by atoms with Gasteiger partial charge in [-0.1, -0.05) is 35.6 Å². The highest BCUT2D eigenvalue weighted by Gasteiger charge is 2.10. The van der Waals surface area contributed by atoms with Crippen molar-refractivity contribution in [2.45, 2.75) is 12.6 Å². The van der Waals surface area contributed by atoms with Crippen molar-refractivity contribution in [2.75, 3.05) is 11.9 Å². The van der Waals surface area contributed by atoms with Gasteiger partial charge in [-0.05, 0) is 42.0 Å². The van der Waals surface area contributed by atoms with Gasteiger partial charge in [0.1, 0.15) is 24.5 Å². The molecule has 0 saturated heterocycles. The molecule has 4 aromatic rings. The number of nitrogens with zero attached hydrogens (tertiary/aromatic N) is 2. The molecule has 0 spiro atoms. The molecule has 0 aliphatic heterocycles. The van der Waals surface area contributed by atoms with E-state index in [4.69, 9.17) is 27.2 Å². The Balaban J connectivity index is 1.50. The molecule has 0 fully saturated rings.